The van der Waals surface area contributed by atoms with Gasteiger partial charge in [0.25, 0.3) is 0 Å². The zero-order valence-corrected chi connectivity index (χ0v) is 6.44. The van der Waals surface area contributed by atoms with Crippen molar-refractivity contribution in [3.8, 4) is 0 Å². The second-order valence-electron chi connectivity index (χ2n) is 3.82. The Hall–Kier alpha value is -0.260. The fourth-order valence-corrected chi connectivity index (χ4v) is 3.03. The summed E-state index contributed by atoms with van der Waals surface area (Å²) >= 11 is 0. The summed E-state index contributed by atoms with van der Waals surface area (Å²) in [6.45, 7) is 10.9. The van der Waals surface area contributed by atoms with Crippen LogP contribution in [0.25, 0.3) is 0 Å². The van der Waals surface area contributed by atoms with E-state index in [1.165, 1.54) is 5.57 Å². The molecule has 0 heterocycles. The van der Waals surface area contributed by atoms with E-state index in [9.17, 15) is 0 Å². The lowest BCUT2D eigenvalue weighted by atomic mass is 9.94. The number of allylic oxidation sites excluding steroid dienone is 1. The lowest BCUT2D eigenvalue weighted by Crippen LogP contribution is -2.03. The molecule has 0 spiro atoms. The molecule has 0 bridgehead atoms. The minimum atomic E-state index is 0.639. The van der Waals surface area contributed by atoms with Crippen LogP contribution in [0, 0.1) is 23.2 Å². The fourth-order valence-electron chi connectivity index (χ4n) is 3.03. The van der Waals surface area contributed by atoms with Crippen LogP contribution in [0.1, 0.15) is 20.8 Å². The summed E-state index contributed by atoms with van der Waals surface area (Å²) in [5, 5.41) is 0. The van der Waals surface area contributed by atoms with Crippen molar-refractivity contribution in [2.24, 2.45) is 23.2 Å². The van der Waals surface area contributed by atoms with E-state index in [4.69, 9.17) is 0 Å². The molecule has 2 atom stereocenters. The van der Waals surface area contributed by atoms with Crippen molar-refractivity contribution >= 4 is 0 Å². The Morgan fingerprint density at radius 1 is 1.33 bits per heavy atom. The Labute approximate surface area is 57.0 Å². The van der Waals surface area contributed by atoms with E-state index in [1.807, 2.05) is 0 Å². The first-order chi connectivity index (χ1) is 4.13. The van der Waals surface area contributed by atoms with Gasteiger partial charge in [0.15, 0.2) is 0 Å². The molecule has 0 saturated heterocycles. The van der Waals surface area contributed by atoms with Crippen molar-refractivity contribution in [1.82, 2.24) is 0 Å². The Morgan fingerprint density at radius 2 is 1.78 bits per heavy atom. The maximum atomic E-state index is 4.03. The molecule has 0 heteroatoms. The molecule has 50 valence electrons. The van der Waals surface area contributed by atoms with Gasteiger partial charge < -0.3 is 0 Å². The highest BCUT2D eigenvalue weighted by Crippen LogP contribution is 2.86. The SMILES string of the molecule is C=C(C)C12C(C)C1C2C. The van der Waals surface area contributed by atoms with Crippen LogP contribution >= 0.6 is 0 Å². The second-order valence-corrected chi connectivity index (χ2v) is 3.82. The first-order valence-electron chi connectivity index (χ1n) is 3.79. The van der Waals surface area contributed by atoms with Gasteiger partial charge >= 0.3 is 0 Å². The molecule has 2 aliphatic rings. The Kier molecular flexibility index (Phi) is 0.685. The average Bonchev–Trinajstić information content (AvgIpc) is 2.55. The van der Waals surface area contributed by atoms with E-state index in [2.05, 4.69) is 27.4 Å². The van der Waals surface area contributed by atoms with Crippen LogP contribution in [0.4, 0.5) is 0 Å². The van der Waals surface area contributed by atoms with Crippen molar-refractivity contribution in [2.45, 2.75) is 20.8 Å². The molecule has 0 nitrogen and oxygen atoms in total. The topological polar surface area (TPSA) is 0 Å². The third kappa shape index (κ3) is 0.331. The highest BCUT2D eigenvalue weighted by molar-refractivity contribution is 5.40. The second kappa shape index (κ2) is 1.12. The van der Waals surface area contributed by atoms with Gasteiger partial charge in [-0.3, -0.25) is 0 Å². The van der Waals surface area contributed by atoms with E-state index in [1.54, 1.807) is 0 Å². The summed E-state index contributed by atoms with van der Waals surface area (Å²) < 4.78 is 0. The van der Waals surface area contributed by atoms with Crippen molar-refractivity contribution in [2.75, 3.05) is 0 Å². The van der Waals surface area contributed by atoms with Crippen LogP contribution in [0.3, 0.4) is 0 Å². The van der Waals surface area contributed by atoms with Gasteiger partial charge in [-0.05, 0) is 30.1 Å². The molecule has 2 aliphatic carbocycles. The van der Waals surface area contributed by atoms with E-state index < -0.39 is 0 Å². The number of hydrogen-bond acceptors (Lipinski definition) is 0. The van der Waals surface area contributed by atoms with Gasteiger partial charge in [0.1, 0.15) is 0 Å². The molecule has 2 fully saturated rings. The van der Waals surface area contributed by atoms with Gasteiger partial charge in [0, 0.05) is 0 Å². The number of hydrogen-bond donors (Lipinski definition) is 0. The number of rotatable bonds is 1. The van der Waals surface area contributed by atoms with E-state index in [0.717, 1.165) is 17.8 Å². The summed E-state index contributed by atoms with van der Waals surface area (Å²) in [5.74, 6) is 2.95. The highest BCUT2D eigenvalue weighted by Gasteiger charge is 2.82. The van der Waals surface area contributed by atoms with E-state index >= 15 is 0 Å². The third-order valence-corrected chi connectivity index (χ3v) is 3.66. The molecule has 9 heavy (non-hydrogen) atoms. The third-order valence-electron chi connectivity index (χ3n) is 3.66. The lowest BCUT2D eigenvalue weighted by molar-refractivity contribution is 0.464. The quantitative estimate of drug-likeness (QED) is 0.469. The molecule has 0 aromatic rings. The van der Waals surface area contributed by atoms with E-state index in [-0.39, 0.29) is 0 Å². The zero-order valence-electron chi connectivity index (χ0n) is 6.44. The van der Waals surface area contributed by atoms with Crippen molar-refractivity contribution in [3.63, 3.8) is 0 Å². The Balaban J connectivity index is 2.21. The van der Waals surface area contributed by atoms with Crippen molar-refractivity contribution < 1.29 is 0 Å². The molecule has 0 N–H and O–H groups in total. The first-order valence-corrected chi connectivity index (χ1v) is 3.79. The smallest absolute Gasteiger partial charge is 0.000228 e. The molecule has 2 unspecified atom stereocenters. The molecule has 0 aliphatic heterocycles. The summed E-state index contributed by atoms with van der Waals surface area (Å²) in [7, 11) is 0. The summed E-state index contributed by atoms with van der Waals surface area (Å²) in [4.78, 5) is 0. The fraction of sp³-hybridized carbons (Fsp3) is 0.778. The molecule has 2 rings (SSSR count). The average molecular weight is 122 g/mol. The minimum Gasteiger partial charge on any atom is -0.0995 e. The predicted molar refractivity (Wildman–Crippen MR) is 39.1 cm³/mol. The molecular weight excluding hydrogens is 108 g/mol. The minimum absolute atomic E-state index is 0.639. The summed E-state index contributed by atoms with van der Waals surface area (Å²) in [5.41, 5.74) is 2.06. The monoisotopic (exact) mass is 122 g/mol. The zero-order chi connectivity index (χ0) is 6.81. The van der Waals surface area contributed by atoms with Crippen LogP contribution in [-0.2, 0) is 0 Å². The van der Waals surface area contributed by atoms with Gasteiger partial charge in [-0.15, -0.1) is 0 Å². The molecule has 0 aromatic heterocycles. The van der Waals surface area contributed by atoms with Gasteiger partial charge in [-0.25, -0.2) is 0 Å². The summed E-state index contributed by atoms with van der Waals surface area (Å²) in [6, 6.07) is 0. The predicted octanol–water partition coefficient (Wildman–Crippen LogP) is 2.46. The normalized spacial score (nSPS) is 60.6. The standard InChI is InChI=1S/C9H14/c1-5(2)9-6(3)8(9)7(9)4/h6-8H,1H2,2-4H3. The highest BCUT2D eigenvalue weighted by atomic mass is 14.9. The van der Waals surface area contributed by atoms with Crippen molar-refractivity contribution in [3.05, 3.63) is 12.2 Å². The maximum absolute atomic E-state index is 4.03. The van der Waals surface area contributed by atoms with Crippen molar-refractivity contribution in [1.29, 1.82) is 0 Å². The van der Waals surface area contributed by atoms with Crippen LogP contribution < -0.4 is 0 Å². The van der Waals surface area contributed by atoms with Crippen LogP contribution in [0.5, 0.6) is 0 Å². The van der Waals surface area contributed by atoms with Gasteiger partial charge in [-0.1, -0.05) is 26.0 Å². The molecule has 0 amide bonds. The van der Waals surface area contributed by atoms with Crippen LogP contribution in [0.15, 0.2) is 12.2 Å². The van der Waals surface area contributed by atoms with Gasteiger partial charge in [0.2, 0.25) is 0 Å². The molecule has 0 radical (unpaired) electrons. The van der Waals surface area contributed by atoms with Crippen LogP contribution in [0.2, 0.25) is 0 Å². The molecular formula is C9H14. The largest absolute Gasteiger partial charge is 0.0995 e. The Bertz CT molecular complexity index is 168. The summed E-state index contributed by atoms with van der Waals surface area (Å²) in [6.07, 6.45) is 0. The Morgan fingerprint density at radius 3 is 1.78 bits per heavy atom. The molecule has 0 aromatic carbocycles. The van der Waals surface area contributed by atoms with Gasteiger partial charge in [-0.2, -0.15) is 0 Å². The first kappa shape index (κ1) is 5.52. The molecule has 2 saturated carbocycles. The number of fused-ring (bicyclic) bond motifs is 1. The van der Waals surface area contributed by atoms with Gasteiger partial charge in [0.05, 0.1) is 0 Å². The lowest BCUT2D eigenvalue weighted by Gasteiger charge is -2.11. The van der Waals surface area contributed by atoms with Crippen LogP contribution in [-0.4, -0.2) is 0 Å². The maximum Gasteiger partial charge on any atom is -0.000228 e. The van der Waals surface area contributed by atoms with E-state index in [0.29, 0.717) is 5.41 Å².